The second-order valence-corrected chi connectivity index (χ2v) is 7.98. The van der Waals surface area contributed by atoms with Gasteiger partial charge in [-0.25, -0.2) is 14.4 Å². The van der Waals surface area contributed by atoms with Crippen LogP contribution in [0, 0.1) is 5.82 Å². The third-order valence-electron chi connectivity index (χ3n) is 5.02. The van der Waals surface area contributed by atoms with Gasteiger partial charge in [0.05, 0.1) is 24.4 Å². The van der Waals surface area contributed by atoms with Gasteiger partial charge < -0.3 is 25.0 Å². The van der Waals surface area contributed by atoms with Crippen LogP contribution < -0.4 is 15.4 Å². The van der Waals surface area contributed by atoms with Gasteiger partial charge in [0.2, 0.25) is 5.91 Å². The van der Waals surface area contributed by atoms with E-state index in [-0.39, 0.29) is 17.8 Å². The summed E-state index contributed by atoms with van der Waals surface area (Å²) >= 11 is 0. The molecule has 0 spiro atoms. The van der Waals surface area contributed by atoms with Crippen LogP contribution >= 0.6 is 0 Å². The summed E-state index contributed by atoms with van der Waals surface area (Å²) in [7, 11) is 3.85. The number of fused-ring (bicyclic) bond motifs is 1. The maximum atomic E-state index is 13.3. The lowest BCUT2D eigenvalue weighted by Gasteiger charge is -2.17. The molecule has 0 unspecified atom stereocenters. The summed E-state index contributed by atoms with van der Waals surface area (Å²) in [4.78, 5) is 23.2. The van der Waals surface area contributed by atoms with E-state index in [9.17, 15) is 9.18 Å². The molecule has 2 N–H and O–H groups in total. The molecule has 1 amide bonds. The van der Waals surface area contributed by atoms with Crippen molar-refractivity contribution >= 4 is 34.0 Å². The molecular formula is C24H26FN5O3. The number of ether oxygens (including phenoxy) is 2. The number of anilines is 3. The normalized spacial score (nSPS) is 15.9. The van der Waals surface area contributed by atoms with Crippen molar-refractivity contribution in [2.24, 2.45) is 0 Å². The Kier molecular flexibility index (Phi) is 7.11. The van der Waals surface area contributed by atoms with Crippen LogP contribution in [0.15, 0.2) is 54.9 Å². The highest BCUT2D eigenvalue weighted by atomic mass is 19.1. The van der Waals surface area contributed by atoms with Crippen molar-refractivity contribution in [3.8, 4) is 5.75 Å². The summed E-state index contributed by atoms with van der Waals surface area (Å²) in [5, 5.41) is 6.77. The number of rotatable bonds is 8. The maximum absolute atomic E-state index is 13.3. The molecule has 33 heavy (non-hydrogen) atoms. The van der Waals surface area contributed by atoms with Crippen LogP contribution in [-0.4, -0.2) is 60.7 Å². The Bertz CT molecular complexity index is 1140. The third kappa shape index (κ3) is 6.03. The average molecular weight is 452 g/mol. The second-order valence-electron chi connectivity index (χ2n) is 7.98. The minimum atomic E-state index is -0.321. The first-order valence-corrected chi connectivity index (χ1v) is 10.7. The summed E-state index contributed by atoms with van der Waals surface area (Å²) in [6.07, 6.45) is 5.40. The molecule has 2 aromatic carbocycles. The van der Waals surface area contributed by atoms with E-state index in [1.807, 2.05) is 19.0 Å². The number of likely N-dealkylation sites (N-methyl/N-ethyl adjacent to an activating group) is 1. The van der Waals surface area contributed by atoms with Crippen LogP contribution in [0.3, 0.4) is 0 Å². The number of halogens is 1. The predicted molar refractivity (Wildman–Crippen MR) is 125 cm³/mol. The van der Waals surface area contributed by atoms with Crippen molar-refractivity contribution in [1.29, 1.82) is 0 Å². The summed E-state index contributed by atoms with van der Waals surface area (Å²) in [6.45, 7) is 1.78. The minimum Gasteiger partial charge on any atom is -0.486 e. The van der Waals surface area contributed by atoms with Crippen molar-refractivity contribution in [2.75, 3.05) is 44.5 Å². The SMILES string of the molecule is CN(C)C/C=C/C(=O)Nc1cc2c(Nc3ccc(F)cc3)ncnc2cc1O[C@H]1CCOC1. The fraction of sp³-hybridized carbons (Fsp3) is 0.292. The zero-order chi connectivity index (χ0) is 23.2. The van der Waals surface area contributed by atoms with E-state index in [0.717, 1.165) is 6.42 Å². The lowest BCUT2D eigenvalue weighted by atomic mass is 10.1. The van der Waals surface area contributed by atoms with Gasteiger partial charge in [-0.15, -0.1) is 0 Å². The summed E-state index contributed by atoms with van der Waals surface area (Å²) in [5.74, 6) is 0.450. The highest BCUT2D eigenvalue weighted by molar-refractivity contribution is 6.03. The molecule has 0 aliphatic carbocycles. The standard InChI is InChI=1S/C24H26FN5O3/c1-30(2)10-3-4-23(31)29-21-12-19-20(13-22(21)33-18-9-11-32-14-18)26-15-27-24(19)28-17-7-5-16(25)6-8-17/h3-8,12-13,15,18H,9-11,14H2,1-2H3,(H,29,31)(H,26,27,28)/b4-3+/t18-/m0/s1. The Morgan fingerprint density at radius 1 is 1.27 bits per heavy atom. The number of carbonyl (C=O) groups is 1. The number of hydrogen-bond donors (Lipinski definition) is 2. The molecule has 9 heteroatoms. The number of aromatic nitrogens is 2. The van der Waals surface area contributed by atoms with Crippen molar-refractivity contribution < 1.29 is 18.7 Å². The maximum Gasteiger partial charge on any atom is 0.248 e. The molecular weight excluding hydrogens is 425 g/mol. The van der Waals surface area contributed by atoms with E-state index < -0.39 is 0 Å². The van der Waals surface area contributed by atoms with E-state index in [1.54, 1.807) is 30.3 Å². The van der Waals surface area contributed by atoms with Crippen LogP contribution in [0.25, 0.3) is 10.9 Å². The Labute approximate surface area is 191 Å². The van der Waals surface area contributed by atoms with Gasteiger partial charge in [-0.3, -0.25) is 4.79 Å². The number of hydrogen-bond acceptors (Lipinski definition) is 7. The quantitative estimate of drug-likeness (QED) is 0.505. The van der Waals surface area contributed by atoms with Gasteiger partial charge in [-0.2, -0.15) is 0 Å². The van der Waals surface area contributed by atoms with Gasteiger partial charge in [0.25, 0.3) is 0 Å². The smallest absolute Gasteiger partial charge is 0.248 e. The molecule has 0 saturated carbocycles. The Balaban J connectivity index is 1.67. The molecule has 4 rings (SSSR count). The molecule has 1 aliphatic rings. The van der Waals surface area contributed by atoms with Gasteiger partial charge >= 0.3 is 0 Å². The molecule has 3 aromatic rings. The van der Waals surface area contributed by atoms with E-state index in [0.29, 0.717) is 53.6 Å². The minimum absolute atomic E-state index is 0.0963. The average Bonchev–Trinajstić information content (AvgIpc) is 3.29. The largest absolute Gasteiger partial charge is 0.486 e. The molecule has 1 atom stereocenters. The highest BCUT2D eigenvalue weighted by Crippen LogP contribution is 2.34. The molecule has 1 aliphatic heterocycles. The van der Waals surface area contributed by atoms with Crippen molar-refractivity contribution in [3.05, 3.63) is 60.7 Å². The number of nitrogens with zero attached hydrogens (tertiary/aromatic N) is 3. The Morgan fingerprint density at radius 2 is 2.09 bits per heavy atom. The summed E-state index contributed by atoms with van der Waals surface area (Å²) < 4.78 is 24.8. The first-order valence-electron chi connectivity index (χ1n) is 10.7. The van der Waals surface area contributed by atoms with Gasteiger partial charge in [-0.05, 0) is 44.4 Å². The predicted octanol–water partition coefficient (Wildman–Crippen LogP) is 3.74. The zero-order valence-corrected chi connectivity index (χ0v) is 18.5. The van der Waals surface area contributed by atoms with Crippen molar-refractivity contribution in [3.63, 3.8) is 0 Å². The lowest BCUT2D eigenvalue weighted by Crippen LogP contribution is -2.18. The van der Waals surface area contributed by atoms with Gasteiger partial charge in [0, 0.05) is 36.2 Å². The topological polar surface area (TPSA) is 88.6 Å². The van der Waals surface area contributed by atoms with Gasteiger partial charge in [0.15, 0.2) is 0 Å². The Hall–Kier alpha value is -3.56. The first-order chi connectivity index (χ1) is 16.0. The van der Waals surface area contributed by atoms with Crippen LogP contribution in [0.2, 0.25) is 0 Å². The molecule has 0 radical (unpaired) electrons. The van der Waals surface area contributed by atoms with E-state index in [1.165, 1.54) is 24.5 Å². The lowest BCUT2D eigenvalue weighted by molar-refractivity contribution is -0.111. The van der Waals surface area contributed by atoms with Gasteiger partial charge in [0.1, 0.15) is 29.8 Å². The Morgan fingerprint density at radius 3 is 2.82 bits per heavy atom. The van der Waals surface area contributed by atoms with Crippen LogP contribution in [0.5, 0.6) is 5.75 Å². The second kappa shape index (κ2) is 10.4. The summed E-state index contributed by atoms with van der Waals surface area (Å²) in [5.41, 5.74) is 1.83. The molecule has 1 fully saturated rings. The summed E-state index contributed by atoms with van der Waals surface area (Å²) in [6, 6.07) is 9.55. The van der Waals surface area contributed by atoms with Gasteiger partial charge in [-0.1, -0.05) is 6.08 Å². The molecule has 1 saturated heterocycles. The number of nitrogens with one attached hydrogen (secondary N) is 2. The van der Waals surface area contributed by atoms with Crippen molar-refractivity contribution in [1.82, 2.24) is 14.9 Å². The number of benzene rings is 2. The number of amides is 1. The van der Waals surface area contributed by atoms with Crippen LogP contribution in [-0.2, 0) is 9.53 Å². The van der Waals surface area contributed by atoms with E-state index >= 15 is 0 Å². The zero-order valence-electron chi connectivity index (χ0n) is 18.5. The third-order valence-corrected chi connectivity index (χ3v) is 5.02. The molecule has 8 nitrogen and oxygen atoms in total. The monoisotopic (exact) mass is 451 g/mol. The van der Waals surface area contributed by atoms with Crippen molar-refractivity contribution in [2.45, 2.75) is 12.5 Å². The van der Waals surface area contributed by atoms with E-state index in [2.05, 4.69) is 20.6 Å². The highest BCUT2D eigenvalue weighted by Gasteiger charge is 2.20. The first kappa shape index (κ1) is 22.6. The molecule has 0 bridgehead atoms. The van der Waals surface area contributed by atoms with E-state index in [4.69, 9.17) is 9.47 Å². The number of carbonyl (C=O) groups excluding carboxylic acids is 1. The fourth-order valence-electron chi connectivity index (χ4n) is 3.38. The molecule has 2 heterocycles. The van der Waals surface area contributed by atoms with Crippen LogP contribution in [0.4, 0.5) is 21.6 Å². The van der Waals surface area contributed by atoms with Crippen LogP contribution in [0.1, 0.15) is 6.42 Å². The fourth-order valence-corrected chi connectivity index (χ4v) is 3.38. The molecule has 1 aromatic heterocycles. The molecule has 172 valence electrons.